The minimum Gasteiger partial charge on any atom is -0.332 e. The lowest BCUT2D eigenvalue weighted by molar-refractivity contribution is -0.121. The van der Waals surface area contributed by atoms with E-state index >= 15 is 0 Å². The Balaban J connectivity index is 1.85. The molecule has 2 heterocycles. The SMILES string of the molecule is CC(=O)C1CCn2c(cnc2C2CCC2)C1. The van der Waals surface area contributed by atoms with Gasteiger partial charge >= 0.3 is 0 Å². The third kappa shape index (κ3) is 1.49. The molecule has 0 saturated heterocycles. The van der Waals surface area contributed by atoms with Gasteiger partial charge < -0.3 is 4.57 Å². The second kappa shape index (κ2) is 3.72. The maximum atomic E-state index is 11.4. The third-order valence-corrected chi connectivity index (χ3v) is 4.17. The predicted molar refractivity (Wildman–Crippen MR) is 61.3 cm³/mol. The zero-order valence-electron chi connectivity index (χ0n) is 9.78. The van der Waals surface area contributed by atoms with Crippen LogP contribution in [-0.4, -0.2) is 15.3 Å². The zero-order chi connectivity index (χ0) is 11.1. The summed E-state index contributed by atoms with van der Waals surface area (Å²) in [4.78, 5) is 16.0. The lowest BCUT2D eigenvalue weighted by atomic mass is 9.84. The molecule has 1 fully saturated rings. The van der Waals surface area contributed by atoms with Gasteiger partial charge in [0.25, 0.3) is 0 Å². The normalized spacial score (nSPS) is 24.9. The van der Waals surface area contributed by atoms with Crippen molar-refractivity contribution in [3.05, 3.63) is 17.7 Å². The lowest BCUT2D eigenvalue weighted by Crippen LogP contribution is -2.26. The molecular weight excluding hydrogens is 200 g/mol. The molecule has 1 saturated carbocycles. The van der Waals surface area contributed by atoms with Gasteiger partial charge in [-0.25, -0.2) is 4.98 Å². The van der Waals surface area contributed by atoms with Crippen molar-refractivity contribution < 1.29 is 4.79 Å². The minimum absolute atomic E-state index is 0.235. The fourth-order valence-electron chi connectivity index (χ4n) is 2.83. The number of hydrogen-bond acceptors (Lipinski definition) is 2. The number of ketones is 1. The molecule has 0 N–H and O–H groups in total. The summed E-state index contributed by atoms with van der Waals surface area (Å²) in [7, 11) is 0. The number of imidazole rings is 1. The zero-order valence-corrected chi connectivity index (χ0v) is 9.78. The van der Waals surface area contributed by atoms with Crippen LogP contribution in [0.5, 0.6) is 0 Å². The number of fused-ring (bicyclic) bond motifs is 1. The van der Waals surface area contributed by atoms with E-state index in [1.165, 1.54) is 30.8 Å². The van der Waals surface area contributed by atoms with E-state index in [-0.39, 0.29) is 5.92 Å². The second-order valence-electron chi connectivity index (χ2n) is 5.19. The van der Waals surface area contributed by atoms with Gasteiger partial charge in [0.15, 0.2) is 0 Å². The van der Waals surface area contributed by atoms with E-state index in [4.69, 9.17) is 0 Å². The maximum Gasteiger partial charge on any atom is 0.133 e. The van der Waals surface area contributed by atoms with Crippen LogP contribution in [0, 0.1) is 5.92 Å². The number of Topliss-reactive ketones (excluding diaryl/α,β-unsaturated/α-hetero) is 1. The van der Waals surface area contributed by atoms with E-state index in [0.717, 1.165) is 19.4 Å². The summed E-state index contributed by atoms with van der Waals surface area (Å²) >= 11 is 0. The number of carbonyl (C=O) groups excluding carboxylic acids is 1. The average Bonchev–Trinajstić information content (AvgIpc) is 2.59. The molecule has 3 rings (SSSR count). The highest BCUT2D eigenvalue weighted by Gasteiger charge is 2.29. The first-order valence-corrected chi connectivity index (χ1v) is 6.30. The van der Waals surface area contributed by atoms with Gasteiger partial charge in [0.2, 0.25) is 0 Å². The molecule has 0 radical (unpaired) electrons. The summed E-state index contributed by atoms with van der Waals surface area (Å²) in [5, 5.41) is 0. The molecule has 86 valence electrons. The molecule has 0 spiro atoms. The molecule has 1 aliphatic carbocycles. The number of nitrogens with zero attached hydrogens (tertiary/aromatic N) is 2. The lowest BCUT2D eigenvalue weighted by Gasteiger charge is -2.29. The molecule has 1 aromatic rings. The number of hydrogen-bond donors (Lipinski definition) is 0. The fraction of sp³-hybridized carbons (Fsp3) is 0.692. The predicted octanol–water partition coefficient (Wildman–Crippen LogP) is 2.30. The molecule has 1 atom stereocenters. The van der Waals surface area contributed by atoms with Crippen molar-refractivity contribution in [2.45, 2.75) is 51.5 Å². The molecular formula is C13H18N2O. The van der Waals surface area contributed by atoms with Crippen LogP contribution >= 0.6 is 0 Å². The highest BCUT2D eigenvalue weighted by Crippen LogP contribution is 2.37. The van der Waals surface area contributed by atoms with E-state index in [2.05, 4.69) is 9.55 Å². The van der Waals surface area contributed by atoms with Crippen LogP contribution in [0.3, 0.4) is 0 Å². The van der Waals surface area contributed by atoms with Gasteiger partial charge in [-0.05, 0) is 32.6 Å². The van der Waals surface area contributed by atoms with Gasteiger partial charge in [-0.2, -0.15) is 0 Å². The van der Waals surface area contributed by atoms with Crippen molar-refractivity contribution >= 4 is 5.78 Å². The van der Waals surface area contributed by atoms with Gasteiger partial charge in [-0.3, -0.25) is 4.79 Å². The Hall–Kier alpha value is -1.12. The minimum atomic E-state index is 0.235. The number of rotatable bonds is 2. The van der Waals surface area contributed by atoms with E-state index < -0.39 is 0 Å². The molecule has 0 bridgehead atoms. The Morgan fingerprint density at radius 2 is 2.25 bits per heavy atom. The van der Waals surface area contributed by atoms with Crippen molar-refractivity contribution in [2.24, 2.45) is 5.92 Å². The monoisotopic (exact) mass is 218 g/mol. The molecule has 3 nitrogen and oxygen atoms in total. The van der Waals surface area contributed by atoms with Crippen LogP contribution in [0.2, 0.25) is 0 Å². The van der Waals surface area contributed by atoms with Crippen molar-refractivity contribution in [3.63, 3.8) is 0 Å². The maximum absolute atomic E-state index is 11.4. The van der Waals surface area contributed by atoms with E-state index in [1.807, 2.05) is 6.20 Å². The van der Waals surface area contributed by atoms with Crippen LogP contribution < -0.4 is 0 Å². The van der Waals surface area contributed by atoms with E-state index in [1.54, 1.807) is 6.92 Å². The highest BCUT2D eigenvalue weighted by molar-refractivity contribution is 5.78. The van der Waals surface area contributed by atoms with Crippen LogP contribution in [0.4, 0.5) is 0 Å². The third-order valence-electron chi connectivity index (χ3n) is 4.17. The Bertz CT molecular complexity index is 418. The molecule has 16 heavy (non-hydrogen) atoms. The Labute approximate surface area is 95.9 Å². The molecule has 0 amide bonds. The fourth-order valence-corrected chi connectivity index (χ4v) is 2.83. The van der Waals surface area contributed by atoms with Gasteiger partial charge in [0, 0.05) is 30.3 Å². The summed E-state index contributed by atoms with van der Waals surface area (Å²) in [6.07, 6.45) is 7.83. The van der Waals surface area contributed by atoms with Gasteiger partial charge in [0.05, 0.1) is 0 Å². The van der Waals surface area contributed by atoms with Crippen molar-refractivity contribution in [1.82, 2.24) is 9.55 Å². The summed E-state index contributed by atoms with van der Waals surface area (Å²) < 4.78 is 2.36. The molecule has 0 aromatic carbocycles. The largest absolute Gasteiger partial charge is 0.332 e. The Morgan fingerprint density at radius 1 is 1.44 bits per heavy atom. The van der Waals surface area contributed by atoms with Crippen molar-refractivity contribution in [1.29, 1.82) is 0 Å². The van der Waals surface area contributed by atoms with Crippen molar-refractivity contribution in [2.75, 3.05) is 0 Å². The van der Waals surface area contributed by atoms with Crippen LogP contribution in [-0.2, 0) is 17.8 Å². The summed E-state index contributed by atoms with van der Waals surface area (Å²) in [6, 6.07) is 0. The van der Waals surface area contributed by atoms with Crippen molar-refractivity contribution in [3.8, 4) is 0 Å². The molecule has 1 aromatic heterocycles. The van der Waals surface area contributed by atoms with E-state index in [0.29, 0.717) is 11.7 Å². The first kappa shape index (κ1) is 10.1. The average molecular weight is 218 g/mol. The highest BCUT2D eigenvalue weighted by atomic mass is 16.1. The smallest absolute Gasteiger partial charge is 0.133 e. The first-order valence-electron chi connectivity index (χ1n) is 6.30. The van der Waals surface area contributed by atoms with Gasteiger partial charge in [-0.15, -0.1) is 0 Å². The Morgan fingerprint density at radius 3 is 2.88 bits per heavy atom. The summed E-state index contributed by atoms with van der Waals surface area (Å²) in [6.45, 7) is 2.70. The number of aromatic nitrogens is 2. The van der Waals surface area contributed by atoms with Crippen LogP contribution in [0.1, 0.15) is 50.0 Å². The van der Waals surface area contributed by atoms with E-state index in [9.17, 15) is 4.79 Å². The second-order valence-corrected chi connectivity index (χ2v) is 5.19. The molecule has 2 aliphatic rings. The first-order chi connectivity index (χ1) is 7.75. The van der Waals surface area contributed by atoms with Crippen LogP contribution in [0.15, 0.2) is 6.20 Å². The molecule has 1 aliphatic heterocycles. The topological polar surface area (TPSA) is 34.9 Å². The number of carbonyl (C=O) groups is 1. The van der Waals surface area contributed by atoms with Gasteiger partial charge in [0.1, 0.15) is 11.6 Å². The summed E-state index contributed by atoms with van der Waals surface area (Å²) in [5.41, 5.74) is 1.27. The quantitative estimate of drug-likeness (QED) is 0.763. The van der Waals surface area contributed by atoms with Gasteiger partial charge in [-0.1, -0.05) is 6.42 Å². The standard InChI is InChI=1S/C13H18N2O/c1-9(16)11-5-6-15-12(7-11)8-14-13(15)10-3-2-4-10/h8,10-11H,2-7H2,1H3. The summed E-state index contributed by atoms with van der Waals surface area (Å²) in [5.74, 6) is 2.54. The van der Waals surface area contributed by atoms with Crippen LogP contribution in [0.25, 0.3) is 0 Å². The Kier molecular flexibility index (Phi) is 2.34. The molecule has 3 heteroatoms. The molecule has 1 unspecified atom stereocenters.